The van der Waals surface area contributed by atoms with Crippen LogP contribution < -0.4 is 5.32 Å². The molecule has 0 radical (unpaired) electrons. The second kappa shape index (κ2) is 5.52. The van der Waals surface area contributed by atoms with Gasteiger partial charge in [0, 0.05) is 18.7 Å². The molecule has 0 aliphatic rings. The van der Waals surface area contributed by atoms with E-state index >= 15 is 0 Å². The fourth-order valence-corrected chi connectivity index (χ4v) is 1.94. The first-order valence-electron chi connectivity index (χ1n) is 5.33. The van der Waals surface area contributed by atoms with Crippen LogP contribution in [-0.2, 0) is 6.54 Å². The Hall–Kier alpha value is -1.69. The molecule has 0 aromatic heterocycles. The summed E-state index contributed by atoms with van der Waals surface area (Å²) in [6.45, 7) is 0.209. The number of phenolic OH excluding ortho intramolecular Hbond substituents is 1. The van der Waals surface area contributed by atoms with Crippen LogP contribution in [0.1, 0.15) is 5.56 Å². The summed E-state index contributed by atoms with van der Waals surface area (Å²) < 4.78 is 39.6. The SMILES string of the molecule is Oc1ccc(CNc2cc(F)c(F)cc2F)cc1Br. The highest BCUT2D eigenvalue weighted by atomic mass is 79.9. The predicted octanol–water partition coefficient (Wildman–Crippen LogP) is 4.18. The van der Waals surface area contributed by atoms with Crippen LogP contribution in [0.5, 0.6) is 5.75 Å². The molecule has 0 aliphatic carbocycles. The smallest absolute Gasteiger partial charge is 0.161 e. The van der Waals surface area contributed by atoms with Gasteiger partial charge >= 0.3 is 0 Å². The largest absolute Gasteiger partial charge is 0.507 e. The van der Waals surface area contributed by atoms with Crippen molar-refractivity contribution < 1.29 is 18.3 Å². The van der Waals surface area contributed by atoms with Gasteiger partial charge in [-0.25, -0.2) is 13.2 Å². The van der Waals surface area contributed by atoms with Crippen molar-refractivity contribution in [2.75, 3.05) is 5.32 Å². The van der Waals surface area contributed by atoms with Crippen LogP contribution >= 0.6 is 15.9 Å². The lowest BCUT2D eigenvalue weighted by molar-refractivity contribution is 0.471. The van der Waals surface area contributed by atoms with Crippen molar-refractivity contribution in [1.82, 2.24) is 0 Å². The van der Waals surface area contributed by atoms with Gasteiger partial charge in [-0.05, 0) is 33.6 Å². The van der Waals surface area contributed by atoms with E-state index in [0.717, 1.165) is 11.6 Å². The fourth-order valence-electron chi connectivity index (χ4n) is 1.52. The van der Waals surface area contributed by atoms with Crippen molar-refractivity contribution >= 4 is 21.6 Å². The van der Waals surface area contributed by atoms with Crippen LogP contribution in [0.3, 0.4) is 0 Å². The molecule has 0 amide bonds. The number of benzene rings is 2. The average molecular weight is 332 g/mol. The van der Waals surface area contributed by atoms with Gasteiger partial charge in [-0.3, -0.25) is 0 Å². The third-order valence-electron chi connectivity index (χ3n) is 2.51. The quantitative estimate of drug-likeness (QED) is 0.827. The van der Waals surface area contributed by atoms with Crippen LogP contribution in [-0.4, -0.2) is 5.11 Å². The summed E-state index contributed by atoms with van der Waals surface area (Å²) >= 11 is 3.15. The van der Waals surface area contributed by atoms with Gasteiger partial charge < -0.3 is 10.4 Å². The maximum absolute atomic E-state index is 13.4. The predicted molar refractivity (Wildman–Crippen MR) is 69.4 cm³/mol. The van der Waals surface area contributed by atoms with Crippen LogP contribution in [0.25, 0.3) is 0 Å². The van der Waals surface area contributed by atoms with E-state index in [4.69, 9.17) is 0 Å². The van der Waals surface area contributed by atoms with Gasteiger partial charge in [-0.15, -0.1) is 0 Å². The lowest BCUT2D eigenvalue weighted by Gasteiger charge is -2.09. The van der Waals surface area contributed by atoms with E-state index < -0.39 is 17.5 Å². The Balaban J connectivity index is 2.14. The molecule has 2 N–H and O–H groups in total. The maximum Gasteiger partial charge on any atom is 0.161 e. The van der Waals surface area contributed by atoms with Crippen LogP contribution in [0.15, 0.2) is 34.8 Å². The van der Waals surface area contributed by atoms with Crippen molar-refractivity contribution in [3.05, 3.63) is 57.8 Å². The van der Waals surface area contributed by atoms with Gasteiger partial charge in [0.2, 0.25) is 0 Å². The van der Waals surface area contributed by atoms with E-state index in [1.54, 1.807) is 12.1 Å². The van der Waals surface area contributed by atoms with Gasteiger partial charge in [0.25, 0.3) is 0 Å². The molecule has 0 saturated carbocycles. The number of rotatable bonds is 3. The Kier molecular flexibility index (Phi) is 3.99. The third kappa shape index (κ3) is 3.20. The van der Waals surface area contributed by atoms with Gasteiger partial charge in [-0.1, -0.05) is 6.07 Å². The number of nitrogens with one attached hydrogen (secondary N) is 1. The van der Waals surface area contributed by atoms with Crippen LogP contribution in [0.2, 0.25) is 0 Å². The number of aromatic hydroxyl groups is 1. The molecule has 100 valence electrons. The van der Waals surface area contributed by atoms with Gasteiger partial charge in [0.05, 0.1) is 10.2 Å². The summed E-state index contributed by atoms with van der Waals surface area (Å²) in [6.07, 6.45) is 0. The number of hydrogen-bond donors (Lipinski definition) is 2. The molecule has 0 bridgehead atoms. The zero-order valence-electron chi connectivity index (χ0n) is 9.55. The monoisotopic (exact) mass is 331 g/mol. The number of hydrogen-bond acceptors (Lipinski definition) is 2. The molecule has 2 aromatic rings. The van der Waals surface area contributed by atoms with E-state index in [0.29, 0.717) is 10.5 Å². The maximum atomic E-state index is 13.4. The van der Waals surface area contributed by atoms with E-state index in [2.05, 4.69) is 21.2 Å². The first-order chi connectivity index (χ1) is 8.97. The van der Waals surface area contributed by atoms with Crippen LogP contribution in [0.4, 0.5) is 18.9 Å². The standard InChI is InChI=1S/C13H9BrF3NO/c14-8-3-7(1-2-13(8)19)6-18-12-5-10(16)9(15)4-11(12)17/h1-5,18-19H,6H2. The summed E-state index contributed by atoms with van der Waals surface area (Å²) in [5, 5.41) is 12.0. The van der Waals surface area contributed by atoms with E-state index in [1.165, 1.54) is 6.07 Å². The number of anilines is 1. The Morgan fingerprint density at radius 2 is 1.68 bits per heavy atom. The third-order valence-corrected chi connectivity index (χ3v) is 3.14. The molecule has 0 atom stereocenters. The molecule has 0 heterocycles. The van der Waals surface area contributed by atoms with Crippen LogP contribution in [0, 0.1) is 17.5 Å². The van der Waals surface area contributed by atoms with Gasteiger partial charge in [0.1, 0.15) is 11.6 Å². The molecule has 2 nitrogen and oxygen atoms in total. The fraction of sp³-hybridized carbons (Fsp3) is 0.0769. The summed E-state index contributed by atoms with van der Waals surface area (Å²) in [6, 6.07) is 6.00. The molecule has 0 unspecified atom stereocenters. The highest BCUT2D eigenvalue weighted by Crippen LogP contribution is 2.25. The Morgan fingerprint density at radius 3 is 2.37 bits per heavy atom. The van der Waals surface area contributed by atoms with Crippen molar-refractivity contribution in [3.63, 3.8) is 0 Å². The first kappa shape index (κ1) is 13.7. The zero-order chi connectivity index (χ0) is 14.0. The Morgan fingerprint density at radius 1 is 1.00 bits per heavy atom. The molecule has 6 heteroatoms. The second-order valence-electron chi connectivity index (χ2n) is 3.89. The molecule has 2 aromatic carbocycles. The molecule has 0 saturated heterocycles. The Labute approximate surface area is 116 Å². The molecular formula is C13H9BrF3NO. The summed E-state index contributed by atoms with van der Waals surface area (Å²) in [5.41, 5.74) is 0.622. The minimum Gasteiger partial charge on any atom is -0.507 e. The van der Waals surface area contributed by atoms with E-state index in [9.17, 15) is 18.3 Å². The van der Waals surface area contributed by atoms with Crippen molar-refractivity contribution in [3.8, 4) is 5.75 Å². The lowest BCUT2D eigenvalue weighted by Crippen LogP contribution is -2.03. The van der Waals surface area contributed by atoms with Crippen molar-refractivity contribution in [1.29, 1.82) is 0 Å². The minimum absolute atomic E-state index is 0.0859. The highest BCUT2D eigenvalue weighted by Gasteiger charge is 2.09. The highest BCUT2D eigenvalue weighted by molar-refractivity contribution is 9.10. The minimum atomic E-state index is -1.23. The van der Waals surface area contributed by atoms with Crippen molar-refractivity contribution in [2.45, 2.75) is 6.54 Å². The topological polar surface area (TPSA) is 32.3 Å². The molecule has 0 spiro atoms. The molecule has 0 fully saturated rings. The molecule has 19 heavy (non-hydrogen) atoms. The van der Waals surface area contributed by atoms with Gasteiger partial charge in [-0.2, -0.15) is 0 Å². The number of halogens is 4. The number of phenols is 1. The molecule has 0 aliphatic heterocycles. The Bertz CT molecular complexity index is 619. The second-order valence-corrected chi connectivity index (χ2v) is 4.74. The summed E-state index contributed by atoms with van der Waals surface area (Å²) in [5.74, 6) is -3.12. The first-order valence-corrected chi connectivity index (χ1v) is 6.12. The normalized spacial score (nSPS) is 10.5. The molecular weight excluding hydrogens is 323 g/mol. The lowest BCUT2D eigenvalue weighted by atomic mass is 10.2. The van der Waals surface area contributed by atoms with E-state index in [1.807, 2.05) is 0 Å². The zero-order valence-corrected chi connectivity index (χ0v) is 11.1. The molecule has 2 rings (SSSR count). The van der Waals surface area contributed by atoms with Gasteiger partial charge in [0.15, 0.2) is 11.6 Å². The summed E-state index contributed by atoms with van der Waals surface area (Å²) in [7, 11) is 0. The summed E-state index contributed by atoms with van der Waals surface area (Å²) in [4.78, 5) is 0. The van der Waals surface area contributed by atoms with Crippen molar-refractivity contribution in [2.24, 2.45) is 0 Å². The average Bonchev–Trinajstić information content (AvgIpc) is 2.36. The van der Waals surface area contributed by atoms with E-state index in [-0.39, 0.29) is 18.0 Å².